The number of allylic oxidation sites excluding steroid dienone is 6. The third-order valence-corrected chi connectivity index (χ3v) is 2.28. The molecule has 16 heavy (non-hydrogen) atoms. The predicted molar refractivity (Wildman–Crippen MR) is 66.1 cm³/mol. The highest BCUT2D eigenvalue weighted by Crippen LogP contribution is 2.12. The van der Waals surface area contributed by atoms with Gasteiger partial charge in [0.1, 0.15) is 0 Å². The number of ketones is 1. The Labute approximate surface area is 95.0 Å². The van der Waals surface area contributed by atoms with Crippen LogP contribution >= 0.6 is 0 Å². The molecule has 0 radical (unpaired) electrons. The molecule has 1 aromatic rings. The van der Waals surface area contributed by atoms with Crippen molar-refractivity contribution in [3.05, 3.63) is 66.4 Å². The minimum Gasteiger partial charge on any atom is -0.353 e. The van der Waals surface area contributed by atoms with Gasteiger partial charge in [-0.3, -0.25) is 4.79 Å². The van der Waals surface area contributed by atoms with Gasteiger partial charge in [-0.15, -0.1) is 0 Å². The second-order valence-electron chi connectivity index (χ2n) is 3.51. The summed E-state index contributed by atoms with van der Waals surface area (Å²) in [5.74, 6) is 0.101. The first-order valence-electron chi connectivity index (χ1n) is 5.25. The second-order valence-corrected chi connectivity index (χ2v) is 3.51. The second kappa shape index (κ2) is 5.12. The Kier molecular flexibility index (Phi) is 3.34. The van der Waals surface area contributed by atoms with Gasteiger partial charge in [-0.05, 0) is 18.2 Å². The number of carbonyl (C=O) groups is 1. The summed E-state index contributed by atoms with van der Waals surface area (Å²) in [6.07, 6.45) is 9.76. The number of nitrogens with one attached hydrogen (secondary N) is 1. The highest BCUT2D eigenvalue weighted by atomic mass is 16.1. The van der Waals surface area contributed by atoms with Crippen LogP contribution in [0.2, 0.25) is 0 Å². The zero-order valence-corrected chi connectivity index (χ0v) is 8.89. The molecule has 0 spiro atoms. The largest absolute Gasteiger partial charge is 0.353 e. The first-order valence-corrected chi connectivity index (χ1v) is 5.25. The molecule has 0 unspecified atom stereocenters. The molecule has 0 atom stereocenters. The molecule has 1 aliphatic rings. The fourth-order valence-corrected chi connectivity index (χ4v) is 1.46. The summed E-state index contributed by atoms with van der Waals surface area (Å²) < 4.78 is 0. The summed E-state index contributed by atoms with van der Waals surface area (Å²) in [5.41, 5.74) is 1.56. The fourth-order valence-electron chi connectivity index (χ4n) is 1.46. The maximum absolute atomic E-state index is 11.8. The lowest BCUT2D eigenvalue weighted by Gasteiger charge is -2.09. The molecule has 0 saturated carbocycles. The summed E-state index contributed by atoms with van der Waals surface area (Å²) in [4.78, 5) is 11.8. The molecule has 2 rings (SSSR count). The molecule has 0 bridgehead atoms. The van der Waals surface area contributed by atoms with Gasteiger partial charge in [0.2, 0.25) is 0 Å². The SMILES string of the molecule is O=C1CC=CC=CC=C1Nc1ccccc1. The standard InChI is InChI=1S/C14H13NO/c16-14-11-7-2-1-6-10-13(14)15-12-8-4-3-5-9-12/h1-10,15H,11H2. The van der Waals surface area contributed by atoms with Gasteiger partial charge in [-0.25, -0.2) is 0 Å². The third-order valence-electron chi connectivity index (χ3n) is 2.28. The van der Waals surface area contributed by atoms with Crippen molar-refractivity contribution in [2.45, 2.75) is 6.42 Å². The summed E-state index contributed by atoms with van der Waals surface area (Å²) in [5, 5.41) is 3.12. The average molecular weight is 211 g/mol. The van der Waals surface area contributed by atoms with Crippen LogP contribution in [0.5, 0.6) is 0 Å². The molecular formula is C14H13NO. The van der Waals surface area contributed by atoms with E-state index in [0.29, 0.717) is 12.1 Å². The van der Waals surface area contributed by atoms with Crippen LogP contribution in [-0.2, 0) is 4.79 Å². The Morgan fingerprint density at radius 1 is 1.00 bits per heavy atom. The van der Waals surface area contributed by atoms with E-state index in [1.54, 1.807) is 6.08 Å². The third kappa shape index (κ3) is 2.70. The molecular weight excluding hydrogens is 198 g/mol. The smallest absolute Gasteiger partial charge is 0.182 e. The normalized spacial score (nSPS) is 15.2. The number of rotatable bonds is 2. The summed E-state index contributed by atoms with van der Waals surface area (Å²) in [6.45, 7) is 0. The molecule has 2 heteroatoms. The van der Waals surface area contributed by atoms with Crippen molar-refractivity contribution in [3.8, 4) is 0 Å². The highest BCUT2D eigenvalue weighted by Gasteiger charge is 2.07. The minimum absolute atomic E-state index is 0.101. The molecule has 1 N–H and O–H groups in total. The van der Waals surface area contributed by atoms with E-state index in [9.17, 15) is 4.79 Å². The van der Waals surface area contributed by atoms with Crippen LogP contribution < -0.4 is 5.32 Å². The molecule has 0 fully saturated rings. The van der Waals surface area contributed by atoms with Crippen LogP contribution in [0.3, 0.4) is 0 Å². The summed E-state index contributed by atoms with van der Waals surface area (Å²) in [7, 11) is 0. The predicted octanol–water partition coefficient (Wildman–Crippen LogP) is 3.07. The molecule has 0 amide bonds. The van der Waals surface area contributed by atoms with Gasteiger partial charge in [0, 0.05) is 12.1 Å². The maximum atomic E-state index is 11.8. The lowest BCUT2D eigenvalue weighted by atomic mass is 10.1. The van der Waals surface area contributed by atoms with Crippen molar-refractivity contribution in [3.63, 3.8) is 0 Å². The Bertz CT molecular complexity index is 455. The Morgan fingerprint density at radius 2 is 1.81 bits per heavy atom. The number of carbonyl (C=O) groups excluding carboxylic acids is 1. The van der Waals surface area contributed by atoms with Crippen LogP contribution in [0.25, 0.3) is 0 Å². The lowest BCUT2D eigenvalue weighted by molar-refractivity contribution is -0.114. The van der Waals surface area contributed by atoms with E-state index in [-0.39, 0.29) is 5.78 Å². The van der Waals surface area contributed by atoms with Gasteiger partial charge in [0.25, 0.3) is 0 Å². The van der Waals surface area contributed by atoms with Gasteiger partial charge < -0.3 is 5.32 Å². The van der Waals surface area contributed by atoms with Gasteiger partial charge in [0.05, 0.1) is 5.70 Å². The number of benzene rings is 1. The molecule has 0 aliphatic heterocycles. The number of hydrogen-bond acceptors (Lipinski definition) is 2. The van der Waals surface area contributed by atoms with E-state index in [1.807, 2.05) is 54.6 Å². The Morgan fingerprint density at radius 3 is 2.62 bits per heavy atom. The minimum atomic E-state index is 0.101. The number of hydrogen-bond donors (Lipinski definition) is 1. The van der Waals surface area contributed by atoms with E-state index in [0.717, 1.165) is 5.69 Å². The topological polar surface area (TPSA) is 29.1 Å². The molecule has 0 heterocycles. The van der Waals surface area contributed by atoms with Crippen molar-refractivity contribution in [2.75, 3.05) is 5.32 Å². The maximum Gasteiger partial charge on any atom is 0.182 e. The van der Waals surface area contributed by atoms with Crippen LogP contribution in [0.4, 0.5) is 5.69 Å². The monoisotopic (exact) mass is 211 g/mol. The van der Waals surface area contributed by atoms with Crippen LogP contribution in [0, 0.1) is 0 Å². The van der Waals surface area contributed by atoms with Gasteiger partial charge in [-0.1, -0.05) is 42.5 Å². The number of Topliss-reactive ketones (excluding diaryl/α,β-unsaturated/α-hetero) is 1. The van der Waals surface area contributed by atoms with Gasteiger partial charge in [-0.2, -0.15) is 0 Å². The molecule has 0 aromatic heterocycles. The van der Waals surface area contributed by atoms with Crippen LogP contribution in [-0.4, -0.2) is 5.78 Å². The average Bonchev–Trinajstić information content (AvgIpc) is 2.30. The zero-order chi connectivity index (χ0) is 11.2. The fraction of sp³-hybridized carbons (Fsp3) is 0.0714. The first kappa shape index (κ1) is 10.4. The number of anilines is 1. The van der Waals surface area contributed by atoms with Crippen molar-refractivity contribution < 1.29 is 4.79 Å². The molecule has 0 saturated heterocycles. The lowest BCUT2D eigenvalue weighted by Crippen LogP contribution is -2.10. The van der Waals surface area contributed by atoms with E-state index >= 15 is 0 Å². The van der Waals surface area contributed by atoms with E-state index in [2.05, 4.69) is 5.32 Å². The van der Waals surface area contributed by atoms with Gasteiger partial charge >= 0.3 is 0 Å². The van der Waals surface area contributed by atoms with Crippen molar-refractivity contribution >= 4 is 11.5 Å². The van der Waals surface area contributed by atoms with Crippen LogP contribution in [0.15, 0.2) is 66.4 Å². The van der Waals surface area contributed by atoms with Crippen molar-refractivity contribution in [2.24, 2.45) is 0 Å². The van der Waals surface area contributed by atoms with Crippen molar-refractivity contribution in [1.82, 2.24) is 0 Å². The van der Waals surface area contributed by atoms with E-state index < -0.39 is 0 Å². The summed E-state index contributed by atoms with van der Waals surface area (Å²) in [6, 6.07) is 9.69. The Balaban J connectivity index is 2.17. The molecule has 80 valence electrons. The van der Waals surface area contributed by atoms with Crippen molar-refractivity contribution in [1.29, 1.82) is 0 Å². The van der Waals surface area contributed by atoms with Gasteiger partial charge in [0.15, 0.2) is 5.78 Å². The Hall–Kier alpha value is -2.09. The van der Waals surface area contributed by atoms with Crippen LogP contribution in [0.1, 0.15) is 6.42 Å². The molecule has 1 aromatic carbocycles. The van der Waals surface area contributed by atoms with E-state index in [4.69, 9.17) is 0 Å². The number of para-hydroxylation sites is 1. The molecule has 2 nitrogen and oxygen atoms in total. The van der Waals surface area contributed by atoms with E-state index in [1.165, 1.54) is 0 Å². The highest BCUT2D eigenvalue weighted by molar-refractivity contribution is 5.99. The quantitative estimate of drug-likeness (QED) is 0.814. The summed E-state index contributed by atoms with van der Waals surface area (Å²) >= 11 is 0. The zero-order valence-electron chi connectivity index (χ0n) is 8.89. The molecule has 1 aliphatic carbocycles. The first-order chi connectivity index (χ1) is 7.86.